The number of benzene rings is 2. The molecule has 0 aliphatic carbocycles. The number of aromatic nitrogens is 2. The van der Waals surface area contributed by atoms with Crippen LogP contribution in [-0.4, -0.2) is 16.7 Å². The molecule has 5 rings (SSSR count). The summed E-state index contributed by atoms with van der Waals surface area (Å²) in [5, 5.41) is 3.37. The van der Waals surface area contributed by atoms with Crippen LogP contribution in [0.2, 0.25) is 0 Å². The molecule has 0 bridgehead atoms. The van der Waals surface area contributed by atoms with Crippen LogP contribution < -0.4 is 15.5 Å². The van der Waals surface area contributed by atoms with E-state index in [0.29, 0.717) is 5.82 Å². The minimum Gasteiger partial charge on any atom is -0.479 e. The van der Waals surface area contributed by atoms with Crippen molar-refractivity contribution in [3.63, 3.8) is 0 Å². The van der Waals surface area contributed by atoms with Gasteiger partial charge < -0.3 is 14.5 Å². The van der Waals surface area contributed by atoms with Crippen LogP contribution in [0.5, 0.6) is 5.88 Å². The summed E-state index contributed by atoms with van der Waals surface area (Å²) < 4.78 is 27.7. The van der Waals surface area contributed by atoms with E-state index in [1.807, 2.05) is 60.7 Å². The zero-order valence-corrected chi connectivity index (χ0v) is 17.1. The number of rotatable bonds is 5. The van der Waals surface area contributed by atoms with Gasteiger partial charge in [0.2, 0.25) is 0 Å². The van der Waals surface area contributed by atoms with Crippen LogP contribution in [0.3, 0.4) is 0 Å². The fourth-order valence-electron chi connectivity index (χ4n) is 3.69. The lowest BCUT2D eigenvalue weighted by Gasteiger charge is -2.19. The Morgan fingerprint density at radius 3 is 2.38 bits per heavy atom. The highest BCUT2D eigenvalue weighted by Gasteiger charge is 2.25. The van der Waals surface area contributed by atoms with Gasteiger partial charge in [0.25, 0.3) is 5.88 Å². The molecule has 7 heteroatoms. The van der Waals surface area contributed by atoms with E-state index in [2.05, 4.69) is 10.3 Å². The molecule has 0 saturated carbocycles. The molecule has 2 aromatic carbocycles. The van der Waals surface area contributed by atoms with Crippen LogP contribution in [0.4, 0.5) is 15.9 Å². The summed E-state index contributed by atoms with van der Waals surface area (Å²) in [5.74, 6) is -0.291. The number of pyridine rings is 2. The van der Waals surface area contributed by atoms with Gasteiger partial charge in [-0.05, 0) is 36.4 Å². The maximum absolute atomic E-state index is 15.3. The van der Waals surface area contributed by atoms with Crippen molar-refractivity contribution in [1.29, 1.82) is 0 Å². The first-order chi connectivity index (χ1) is 15.7. The number of nitrogens with zero attached hydrogens (tertiary/aromatic N) is 2. The zero-order valence-electron chi connectivity index (χ0n) is 17.1. The number of methoxy groups -OCH3 is 1. The third-order valence-corrected chi connectivity index (χ3v) is 5.08. The second-order valence-corrected chi connectivity index (χ2v) is 7.04. The van der Waals surface area contributed by atoms with E-state index in [1.165, 1.54) is 19.4 Å². The van der Waals surface area contributed by atoms with E-state index in [4.69, 9.17) is 9.15 Å². The maximum Gasteiger partial charge on any atom is 0.252 e. The number of nitrogens with one attached hydrogen (secondary N) is 1. The van der Waals surface area contributed by atoms with E-state index in [9.17, 15) is 4.79 Å². The van der Waals surface area contributed by atoms with Gasteiger partial charge in [0.15, 0.2) is 16.9 Å². The third-order valence-electron chi connectivity index (χ3n) is 5.08. The molecule has 0 aliphatic rings. The first kappa shape index (κ1) is 19.6. The van der Waals surface area contributed by atoms with Gasteiger partial charge in [-0.3, -0.25) is 9.36 Å². The number of ether oxygens (including phenoxy) is 1. The summed E-state index contributed by atoms with van der Waals surface area (Å²) in [6, 6.07) is 23.5. The molecule has 0 radical (unpaired) electrons. The fourth-order valence-corrected chi connectivity index (χ4v) is 3.69. The summed E-state index contributed by atoms with van der Waals surface area (Å²) in [4.78, 5) is 17.7. The molecule has 3 aromatic heterocycles. The number of para-hydroxylation sites is 2. The Balaban J connectivity index is 1.91. The van der Waals surface area contributed by atoms with Gasteiger partial charge in [0, 0.05) is 17.4 Å². The van der Waals surface area contributed by atoms with Gasteiger partial charge in [0.1, 0.15) is 11.6 Å². The van der Waals surface area contributed by atoms with Crippen molar-refractivity contribution in [2.45, 2.75) is 0 Å². The lowest BCUT2D eigenvalue weighted by Crippen LogP contribution is -2.15. The second-order valence-electron chi connectivity index (χ2n) is 7.04. The molecule has 0 atom stereocenters. The van der Waals surface area contributed by atoms with Gasteiger partial charge >= 0.3 is 0 Å². The summed E-state index contributed by atoms with van der Waals surface area (Å²) in [5.41, 5.74) is 1.38. The average Bonchev–Trinajstić information content (AvgIpc) is 3.35. The highest BCUT2D eigenvalue weighted by Crippen LogP contribution is 2.35. The Bertz CT molecular complexity index is 1450. The lowest BCUT2D eigenvalue weighted by molar-refractivity contribution is 0.371. The molecule has 3 heterocycles. The zero-order chi connectivity index (χ0) is 22.1. The van der Waals surface area contributed by atoms with Crippen molar-refractivity contribution in [2.24, 2.45) is 0 Å². The van der Waals surface area contributed by atoms with Crippen molar-refractivity contribution in [3.05, 3.63) is 101 Å². The van der Waals surface area contributed by atoms with Crippen LogP contribution in [0.15, 0.2) is 94.3 Å². The Kier molecular flexibility index (Phi) is 4.91. The molecule has 0 aliphatic heterocycles. The number of hydrogen-bond acceptors (Lipinski definition) is 5. The van der Waals surface area contributed by atoms with Gasteiger partial charge in [0.05, 0.1) is 24.3 Å². The van der Waals surface area contributed by atoms with Crippen LogP contribution in [0.25, 0.3) is 28.0 Å². The van der Waals surface area contributed by atoms with E-state index >= 15 is 4.39 Å². The smallest absolute Gasteiger partial charge is 0.252 e. The highest BCUT2D eigenvalue weighted by atomic mass is 19.1. The molecule has 158 valence electrons. The molecule has 0 fully saturated rings. The topological polar surface area (TPSA) is 69.3 Å². The summed E-state index contributed by atoms with van der Waals surface area (Å²) >= 11 is 0. The van der Waals surface area contributed by atoms with Crippen LogP contribution in [-0.2, 0) is 0 Å². The van der Waals surface area contributed by atoms with Crippen molar-refractivity contribution in [2.75, 3.05) is 12.4 Å². The largest absolute Gasteiger partial charge is 0.479 e. The Labute approximate surface area is 182 Å². The molecular formula is C25H18FN3O3. The molecule has 0 spiro atoms. The second kappa shape index (κ2) is 8.03. The molecule has 1 N–H and O–H groups in total. The number of halogens is 1. The Morgan fingerprint density at radius 1 is 1.00 bits per heavy atom. The van der Waals surface area contributed by atoms with E-state index in [0.717, 1.165) is 11.4 Å². The highest BCUT2D eigenvalue weighted by molar-refractivity contribution is 5.94. The molecule has 0 saturated heterocycles. The molecular weight excluding hydrogens is 409 g/mol. The predicted molar refractivity (Wildman–Crippen MR) is 121 cm³/mol. The van der Waals surface area contributed by atoms with Crippen LogP contribution in [0.1, 0.15) is 0 Å². The van der Waals surface area contributed by atoms with Gasteiger partial charge in [-0.2, -0.15) is 4.98 Å². The van der Waals surface area contributed by atoms with Crippen molar-refractivity contribution >= 4 is 22.5 Å². The predicted octanol–water partition coefficient (Wildman–Crippen LogP) is 5.54. The van der Waals surface area contributed by atoms with Crippen molar-refractivity contribution in [1.82, 2.24) is 9.55 Å². The SMILES string of the molecule is COc1nc2c(c(-c3ccco3)c1F)c(=O)cc(Nc1ccccc1)n2-c1ccccc1. The third kappa shape index (κ3) is 3.30. The normalized spacial score (nSPS) is 10.9. The minimum absolute atomic E-state index is 0.0118. The van der Waals surface area contributed by atoms with E-state index in [1.54, 1.807) is 16.7 Å². The minimum atomic E-state index is -0.754. The Hall–Kier alpha value is -4.39. The van der Waals surface area contributed by atoms with Crippen LogP contribution in [0, 0.1) is 5.82 Å². The van der Waals surface area contributed by atoms with E-state index < -0.39 is 11.2 Å². The number of hydrogen-bond donors (Lipinski definition) is 1. The van der Waals surface area contributed by atoms with Crippen molar-refractivity contribution in [3.8, 4) is 22.9 Å². The molecule has 0 unspecified atom stereocenters. The summed E-state index contributed by atoms with van der Waals surface area (Å²) in [6.45, 7) is 0. The first-order valence-electron chi connectivity index (χ1n) is 9.92. The summed E-state index contributed by atoms with van der Waals surface area (Å²) in [7, 11) is 1.33. The molecule has 0 amide bonds. The van der Waals surface area contributed by atoms with Crippen molar-refractivity contribution < 1.29 is 13.5 Å². The van der Waals surface area contributed by atoms with Gasteiger partial charge in [-0.25, -0.2) is 4.39 Å². The monoisotopic (exact) mass is 427 g/mol. The fraction of sp³-hybridized carbons (Fsp3) is 0.0400. The van der Waals surface area contributed by atoms with Gasteiger partial charge in [-0.1, -0.05) is 36.4 Å². The molecule has 6 nitrogen and oxygen atoms in total. The lowest BCUT2D eigenvalue weighted by atomic mass is 10.1. The maximum atomic E-state index is 15.3. The average molecular weight is 427 g/mol. The molecule has 5 aromatic rings. The Morgan fingerprint density at radius 2 is 1.72 bits per heavy atom. The van der Waals surface area contributed by atoms with E-state index in [-0.39, 0.29) is 28.2 Å². The first-order valence-corrected chi connectivity index (χ1v) is 9.92. The summed E-state index contributed by atoms with van der Waals surface area (Å²) in [6.07, 6.45) is 1.43. The van der Waals surface area contributed by atoms with Crippen LogP contribution >= 0.6 is 0 Å². The standard InChI is InChI=1S/C25H18FN3O3/c1-31-25-23(26)22(19-13-8-14-32-19)21-18(30)15-20(27-16-9-4-2-5-10-16)29(24(21)28-25)17-11-6-3-7-12-17/h2-15,27H,1H3. The molecule has 32 heavy (non-hydrogen) atoms. The number of furan rings is 1. The number of anilines is 2. The number of fused-ring (bicyclic) bond motifs is 1. The quantitative estimate of drug-likeness (QED) is 0.399. The van der Waals surface area contributed by atoms with Gasteiger partial charge in [-0.15, -0.1) is 0 Å².